The molecule has 0 saturated carbocycles. The van der Waals surface area contributed by atoms with Crippen molar-refractivity contribution < 1.29 is 17.9 Å². The van der Waals surface area contributed by atoms with Crippen molar-refractivity contribution in [2.45, 2.75) is 17.4 Å². The number of anilines is 1. The van der Waals surface area contributed by atoms with Gasteiger partial charge in [-0.15, -0.1) is 0 Å². The number of carbonyl (C=O) groups excluding carboxylic acids is 1. The number of hydrogen-bond donors (Lipinski definition) is 1. The van der Waals surface area contributed by atoms with E-state index in [0.717, 1.165) is 11.8 Å². The molecule has 0 unspecified atom stereocenters. The zero-order chi connectivity index (χ0) is 16.6. The van der Waals surface area contributed by atoms with Crippen LogP contribution in [0.4, 0.5) is 5.69 Å². The SMILES string of the molecule is CS(=O)(=O)c1ccc(NC(=O)[C@@H]2Cc3cc(Cl)ccc3O2)cc1. The van der Waals surface area contributed by atoms with Gasteiger partial charge in [0.1, 0.15) is 5.75 Å². The summed E-state index contributed by atoms with van der Waals surface area (Å²) in [4.78, 5) is 12.5. The molecule has 2 aromatic carbocycles. The fourth-order valence-corrected chi connectivity index (χ4v) is 3.20. The van der Waals surface area contributed by atoms with Gasteiger partial charge in [-0.3, -0.25) is 4.79 Å². The number of nitrogens with one attached hydrogen (secondary N) is 1. The molecule has 1 atom stereocenters. The van der Waals surface area contributed by atoms with Crippen molar-refractivity contribution in [1.82, 2.24) is 0 Å². The van der Waals surface area contributed by atoms with Crippen LogP contribution < -0.4 is 10.1 Å². The Bertz CT molecular complexity index is 862. The minimum Gasteiger partial charge on any atom is -0.480 e. The zero-order valence-corrected chi connectivity index (χ0v) is 13.8. The molecular formula is C16H14ClNO4S. The monoisotopic (exact) mass is 351 g/mol. The first-order valence-electron chi connectivity index (χ1n) is 6.89. The van der Waals surface area contributed by atoms with Gasteiger partial charge in [-0.05, 0) is 48.0 Å². The third kappa shape index (κ3) is 3.48. The van der Waals surface area contributed by atoms with Gasteiger partial charge in [0.05, 0.1) is 4.90 Å². The van der Waals surface area contributed by atoms with Crippen LogP contribution in [-0.2, 0) is 21.1 Å². The second-order valence-corrected chi connectivity index (χ2v) is 7.80. The first-order valence-corrected chi connectivity index (χ1v) is 9.16. The van der Waals surface area contributed by atoms with Crippen LogP contribution in [0.5, 0.6) is 5.75 Å². The maximum absolute atomic E-state index is 12.3. The van der Waals surface area contributed by atoms with E-state index in [-0.39, 0.29) is 10.8 Å². The van der Waals surface area contributed by atoms with Crippen molar-refractivity contribution in [3.8, 4) is 5.75 Å². The molecule has 0 aliphatic carbocycles. The smallest absolute Gasteiger partial charge is 0.265 e. The van der Waals surface area contributed by atoms with E-state index < -0.39 is 15.9 Å². The molecule has 0 fully saturated rings. The number of carbonyl (C=O) groups is 1. The fourth-order valence-electron chi connectivity index (χ4n) is 2.37. The van der Waals surface area contributed by atoms with Gasteiger partial charge in [0, 0.05) is 23.4 Å². The summed E-state index contributed by atoms with van der Waals surface area (Å²) in [6, 6.07) is 11.2. The first kappa shape index (κ1) is 15.8. The maximum atomic E-state index is 12.3. The van der Waals surface area contributed by atoms with Crippen LogP contribution in [-0.4, -0.2) is 26.7 Å². The predicted molar refractivity (Wildman–Crippen MR) is 87.8 cm³/mol. The standard InChI is InChI=1S/C16H14ClNO4S/c1-23(20,21)13-5-3-12(4-6-13)18-16(19)15-9-10-8-11(17)2-7-14(10)22-15/h2-8,15H,9H2,1H3,(H,18,19)/t15-/m0/s1. The maximum Gasteiger partial charge on any atom is 0.265 e. The number of amides is 1. The Morgan fingerprint density at radius 1 is 1.22 bits per heavy atom. The van der Waals surface area contributed by atoms with Crippen molar-refractivity contribution in [1.29, 1.82) is 0 Å². The minimum atomic E-state index is -3.25. The number of benzene rings is 2. The molecule has 0 saturated heterocycles. The second kappa shape index (κ2) is 5.86. The molecule has 120 valence electrons. The Balaban J connectivity index is 1.69. The van der Waals surface area contributed by atoms with Crippen molar-refractivity contribution in [2.75, 3.05) is 11.6 Å². The van der Waals surface area contributed by atoms with E-state index in [1.165, 1.54) is 12.1 Å². The van der Waals surface area contributed by atoms with Crippen LogP contribution in [0.25, 0.3) is 0 Å². The Labute approximate surface area is 139 Å². The predicted octanol–water partition coefficient (Wildman–Crippen LogP) is 2.69. The second-order valence-electron chi connectivity index (χ2n) is 5.35. The highest BCUT2D eigenvalue weighted by Crippen LogP contribution is 2.31. The van der Waals surface area contributed by atoms with E-state index in [9.17, 15) is 13.2 Å². The van der Waals surface area contributed by atoms with Crippen LogP contribution in [0.1, 0.15) is 5.56 Å². The summed E-state index contributed by atoms with van der Waals surface area (Å²) in [6.07, 6.45) is 0.955. The number of hydrogen-bond acceptors (Lipinski definition) is 4. The van der Waals surface area contributed by atoms with Gasteiger partial charge >= 0.3 is 0 Å². The molecule has 0 radical (unpaired) electrons. The summed E-state index contributed by atoms with van der Waals surface area (Å²) in [5.41, 5.74) is 1.41. The van der Waals surface area contributed by atoms with Crippen LogP contribution >= 0.6 is 11.6 Å². The summed E-state index contributed by atoms with van der Waals surface area (Å²) in [6.45, 7) is 0. The zero-order valence-electron chi connectivity index (χ0n) is 12.2. The van der Waals surface area contributed by atoms with Gasteiger partial charge in [0.2, 0.25) is 0 Å². The molecule has 5 nitrogen and oxygen atoms in total. The van der Waals surface area contributed by atoms with E-state index in [1.54, 1.807) is 30.3 Å². The molecule has 1 heterocycles. The Morgan fingerprint density at radius 2 is 1.91 bits per heavy atom. The molecule has 1 N–H and O–H groups in total. The van der Waals surface area contributed by atoms with Crippen molar-refractivity contribution in [3.63, 3.8) is 0 Å². The van der Waals surface area contributed by atoms with Gasteiger partial charge < -0.3 is 10.1 Å². The van der Waals surface area contributed by atoms with Crippen molar-refractivity contribution >= 4 is 33.0 Å². The lowest BCUT2D eigenvalue weighted by atomic mass is 10.1. The quantitative estimate of drug-likeness (QED) is 0.922. The molecule has 2 aromatic rings. The topological polar surface area (TPSA) is 72.5 Å². The molecule has 1 amide bonds. The van der Waals surface area contributed by atoms with Gasteiger partial charge in [0.15, 0.2) is 15.9 Å². The van der Waals surface area contributed by atoms with Crippen molar-refractivity contribution in [3.05, 3.63) is 53.1 Å². The Morgan fingerprint density at radius 3 is 2.57 bits per heavy atom. The minimum absolute atomic E-state index is 0.203. The first-order chi connectivity index (χ1) is 10.8. The van der Waals surface area contributed by atoms with E-state index in [1.807, 2.05) is 0 Å². The van der Waals surface area contributed by atoms with Crippen LogP contribution in [0.15, 0.2) is 47.4 Å². The van der Waals surface area contributed by atoms with E-state index in [4.69, 9.17) is 16.3 Å². The van der Waals surface area contributed by atoms with Crippen molar-refractivity contribution in [2.24, 2.45) is 0 Å². The molecule has 3 rings (SSSR count). The summed E-state index contributed by atoms with van der Waals surface area (Å²) in [5, 5.41) is 3.32. The summed E-state index contributed by atoms with van der Waals surface area (Å²) in [5.74, 6) is 0.367. The average molecular weight is 352 g/mol. The number of sulfone groups is 1. The average Bonchev–Trinajstić information content (AvgIpc) is 2.90. The Kier molecular flexibility index (Phi) is 4.04. The number of halogens is 1. The Hall–Kier alpha value is -2.05. The molecule has 0 spiro atoms. The van der Waals surface area contributed by atoms with E-state index >= 15 is 0 Å². The molecule has 7 heteroatoms. The molecule has 1 aliphatic heterocycles. The third-order valence-corrected chi connectivity index (χ3v) is 4.90. The lowest BCUT2D eigenvalue weighted by molar-refractivity contribution is -0.122. The van der Waals surface area contributed by atoms with E-state index in [0.29, 0.717) is 22.9 Å². The van der Waals surface area contributed by atoms with Crippen LogP contribution in [0.3, 0.4) is 0 Å². The summed E-state index contributed by atoms with van der Waals surface area (Å²) in [7, 11) is -3.25. The van der Waals surface area contributed by atoms with Crippen LogP contribution in [0.2, 0.25) is 5.02 Å². The van der Waals surface area contributed by atoms with Crippen LogP contribution in [0, 0.1) is 0 Å². The number of fused-ring (bicyclic) bond motifs is 1. The molecule has 0 bridgehead atoms. The molecule has 0 aromatic heterocycles. The normalized spacial score (nSPS) is 16.5. The van der Waals surface area contributed by atoms with Gasteiger partial charge in [-0.1, -0.05) is 11.6 Å². The van der Waals surface area contributed by atoms with Gasteiger partial charge in [-0.2, -0.15) is 0 Å². The molecular weight excluding hydrogens is 338 g/mol. The fraction of sp³-hybridized carbons (Fsp3) is 0.188. The van der Waals surface area contributed by atoms with Gasteiger partial charge in [0.25, 0.3) is 5.91 Å². The number of rotatable bonds is 3. The lowest BCUT2D eigenvalue weighted by Crippen LogP contribution is -2.31. The summed E-state index contributed by atoms with van der Waals surface area (Å²) < 4.78 is 28.4. The highest BCUT2D eigenvalue weighted by molar-refractivity contribution is 7.90. The lowest BCUT2D eigenvalue weighted by Gasteiger charge is -2.11. The number of ether oxygens (including phenoxy) is 1. The molecule has 1 aliphatic rings. The molecule has 23 heavy (non-hydrogen) atoms. The van der Waals surface area contributed by atoms with Gasteiger partial charge in [-0.25, -0.2) is 8.42 Å². The van der Waals surface area contributed by atoms with E-state index in [2.05, 4.69) is 5.32 Å². The highest BCUT2D eigenvalue weighted by atomic mass is 35.5. The summed E-state index contributed by atoms with van der Waals surface area (Å²) >= 11 is 5.93. The third-order valence-electron chi connectivity index (χ3n) is 3.54. The largest absolute Gasteiger partial charge is 0.480 e. The highest BCUT2D eigenvalue weighted by Gasteiger charge is 2.29.